The summed E-state index contributed by atoms with van der Waals surface area (Å²) in [5.41, 5.74) is 4.85. The maximum absolute atomic E-state index is 13.4. The number of aliphatic hydroxyl groups excluding tert-OH is 1. The van der Waals surface area contributed by atoms with Crippen LogP contribution in [0.15, 0.2) is 47.4 Å². The molecule has 2 amide bonds. The van der Waals surface area contributed by atoms with Gasteiger partial charge in [0.2, 0.25) is 0 Å². The molecule has 1 aliphatic rings. The Kier molecular flexibility index (Phi) is 7.00. The van der Waals surface area contributed by atoms with Gasteiger partial charge >= 0.3 is 0 Å². The molecule has 6 heteroatoms. The minimum atomic E-state index is -0.330. The lowest BCUT2D eigenvalue weighted by Gasteiger charge is -2.22. The quantitative estimate of drug-likeness (QED) is 0.645. The van der Waals surface area contributed by atoms with Crippen LogP contribution in [0.5, 0.6) is 0 Å². The second-order valence-electron chi connectivity index (χ2n) is 7.23. The van der Waals surface area contributed by atoms with Crippen LogP contribution in [-0.4, -0.2) is 42.4 Å². The van der Waals surface area contributed by atoms with Crippen LogP contribution in [0.25, 0.3) is 5.57 Å². The van der Waals surface area contributed by atoms with E-state index in [-0.39, 0.29) is 18.4 Å². The molecular formula is C24H28N2O3S. The molecule has 1 heterocycles. The first-order chi connectivity index (χ1) is 14.4. The SMILES string of the molecule is CCN(CC)c1ccc(N2C(=O)C(SCCO)=C(c3ccc(C)cc3C)C2=O)cc1. The first-order valence-electron chi connectivity index (χ1n) is 10.2. The Balaban J connectivity index is 2.02. The fourth-order valence-corrected chi connectivity index (χ4v) is 4.61. The van der Waals surface area contributed by atoms with E-state index >= 15 is 0 Å². The van der Waals surface area contributed by atoms with Crippen LogP contribution >= 0.6 is 11.8 Å². The molecule has 158 valence electrons. The van der Waals surface area contributed by atoms with Gasteiger partial charge in [0.1, 0.15) is 0 Å². The molecule has 0 aliphatic carbocycles. The number of carbonyl (C=O) groups excluding carboxylic acids is 2. The molecule has 3 rings (SSSR count). The van der Waals surface area contributed by atoms with Crippen LogP contribution in [-0.2, 0) is 9.59 Å². The number of amides is 2. The highest BCUT2D eigenvalue weighted by Crippen LogP contribution is 2.39. The van der Waals surface area contributed by atoms with Crippen molar-refractivity contribution in [2.45, 2.75) is 27.7 Å². The summed E-state index contributed by atoms with van der Waals surface area (Å²) in [6, 6.07) is 13.4. The Morgan fingerprint density at radius 1 is 0.967 bits per heavy atom. The molecular weight excluding hydrogens is 396 g/mol. The number of imide groups is 1. The zero-order valence-electron chi connectivity index (χ0n) is 17.9. The Morgan fingerprint density at radius 3 is 2.20 bits per heavy atom. The number of thioether (sulfide) groups is 1. The van der Waals surface area contributed by atoms with Gasteiger partial charge in [0, 0.05) is 24.5 Å². The van der Waals surface area contributed by atoms with Gasteiger partial charge in [-0.1, -0.05) is 23.8 Å². The van der Waals surface area contributed by atoms with Crippen molar-refractivity contribution >= 4 is 40.5 Å². The van der Waals surface area contributed by atoms with Gasteiger partial charge < -0.3 is 10.0 Å². The molecule has 0 spiro atoms. The lowest BCUT2D eigenvalue weighted by Crippen LogP contribution is -2.31. The maximum atomic E-state index is 13.4. The molecule has 1 N–H and O–H groups in total. The van der Waals surface area contributed by atoms with Crippen LogP contribution < -0.4 is 9.80 Å². The first-order valence-corrected chi connectivity index (χ1v) is 11.2. The molecule has 5 nitrogen and oxygen atoms in total. The van der Waals surface area contributed by atoms with Gasteiger partial charge in [-0.3, -0.25) is 9.59 Å². The minimum Gasteiger partial charge on any atom is -0.396 e. The third-order valence-corrected chi connectivity index (χ3v) is 6.32. The minimum absolute atomic E-state index is 0.0611. The molecule has 2 aromatic carbocycles. The number of carbonyl (C=O) groups is 2. The summed E-state index contributed by atoms with van der Waals surface area (Å²) in [6.07, 6.45) is 0. The smallest absolute Gasteiger partial charge is 0.272 e. The van der Waals surface area contributed by atoms with Crippen molar-refractivity contribution < 1.29 is 14.7 Å². The maximum Gasteiger partial charge on any atom is 0.272 e. The number of rotatable bonds is 8. The van der Waals surface area contributed by atoms with Crippen molar-refractivity contribution in [2.24, 2.45) is 0 Å². The summed E-state index contributed by atoms with van der Waals surface area (Å²) in [7, 11) is 0. The highest BCUT2D eigenvalue weighted by molar-refractivity contribution is 8.04. The van der Waals surface area contributed by atoms with Crippen molar-refractivity contribution in [3.05, 3.63) is 64.1 Å². The number of nitrogens with zero attached hydrogens (tertiary/aromatic N) is 2. The number of aliphatic hydroxyl groups is 1. The highest BCUT2D eigenvalue weighted by Gasteiger charge is 2.40. The standard InChI is InChI=1S/C24H28N2O3S/c1-5-25(6-2)18-8-10-19(11-9-18)26-23(28)21(22(24(26)29)30-14-13-27)20-12-7-16(3)15-17(20)4/h7-12,15,27H,5-6,13-14H2,1-4H3. The van der Waals surface area contributed by atoms with E-state index in [9.17, 15) is 14.7 Å². The Hall–Kier alpha value is -2.57. The van der Waals surface area contributed by atoms with E-state index in [1.54, 1.807) is 0 Å². The van der Waals surface area contributed by atoms with Crippen LogP contribution in [0, 0.1) is 13.8 Å². The van der Waals surface area contributed by atoms with Gasteiger partial charge in [0.25, 0.3) is 11.8 Å². The Morgan fingerprint density at radius 2 is 1.63 bits per heavy atom. The van der Waals surface area contributed by atoms with E-state index in [0.717, 1.165) is 35.5 Å². The van der Waals surface area contributed by atoms with E-state index in [2.05, 4.69) is 18.7 Å². The van der Waals surface area contributed by atoms with E-state index in [1.165, 1.54) is 16.7 Å². The lowest BCUT2D eigenvalue weighted by molar-refractivity contribution is -0.119. The lowest BCUT2D eigenvalue weighted by atomic mass is 9.99. The van der Waals surface area contributed by atoms with E-state index < -0.39 is 0 Å². The van der Waals surface area contributed by atoms with E-state index in [4.69, 9.17) is 0 Å². The van der Waals surface area contributed by atoms with Crippen molar-refractivity contribution in [1.82, 2.24) is 0 Å². The summed E-state index contributed by atoms with van der Waals surface area (Å²) in [5.74, 6) is -0.288. The summed E-state index contributed by atoms with van der Waals surface area (Å²) >= 11 is 1.23. The largest absolute Gasteiger partial charge is 0.396 e. The average molecular weight is 425 g/mol. The third kappa shape index (κ3) is 4.16. The van der Waals surface area contributed by atoms with E-state index in [1.807, 2.05) is 56.3 Å². The molecule has 0 unspecified atom stereocenters. The fraction of sp³-hybridized carbons (Fsp3) is 0.333. The van der Waals surface area contributed by atoms with Gasteiger partial charge in [-0.05, 0) is 63.1 Å². The number of benzene rings is 2. The Bertz CT molecular complexity index is 978. The third-order valence-electron chi connectivity index (χ3n) is 5.27. The molecule has 30 heavy (non-hydrogen) atoms. The van der Waals surface area contributed by atoms with Gasteiger partial charge in [-0.15, -0.1) is 11.8 Å². The zero-order valence-corrected chi connectivity index (χ0v) is 18.8. The highest BCUT2D eigenvalue weighted by atomic mass is 32.2. The van der Waals surface area contributed by atoms with Gasteiger partial charge in [0.15, 0.2) is 0 Å². The molecule has 0 saturated carbocycles. The molecule has 0 aromatic heterocycles. The van der Waals surface area contributed by atoms with Crippen LogP contribution in [0.3, 0.4) is 0 Å². The summed E-state index contributed by atoms with van der Waals surface area (Å²) in [4.78, 5) is 30.5. The molecule has 0 bridgehead atoms. The number of hydrogen-bond acceptors (Lipinski definition) is 5. The molecule has 0 fully saturated rings. The summed E-state index contributed by atoms with van der Waals surface area (Å²) in [5, 5.41) is 9.28. The predicted octanol–water partition coefficient (Wildman–Crippen LogP) is 4.16. The van der Waals surface area contributed by atoms with Gasteiger partial charge in [0.05, 0.1) is 22.8 Å². The number of aryl methyl sites for hydroxylation is 2. The molecule has 0 saturated heterocycles. The van der Waals surface area contributed by atoms with Gasteiger partial charge in [-0.2, -0.15) is 0 Å². The molecule has 0 radical (unpaired) electrons. The molecule has 1 aliphatic heterocycles. The van der Waals surface area contributed by atoms with Crippen LogP contribution in [0.2, 0.25) is 0 Å². The van der Waals surface area contributed by atoms with Crippen LogP contribution in [0.4, 0.5) is 11.4 Å². The van der Waals surface area contributed by atoms with Crippen LogP contribution in [0.1, 0.15) is 30.5 Å². The second-order valence-corrected chi connectivity index (χ2v) is 8.33. The average Bonchev–Trinajstić information content (AvgIpc) is 2.97. The summed E-state index contributed by atoms with van der Waals surface area (Å²) < 4.78 is 0. The predicted molar refractivity (Wildman–Crippen MR) is 125 cm³/mol. The van der Waals surface area contributed by atoms with Crippen molar-refractivity contribution in [3.8, 4) is 0 Å². The van der Waals surface area contributed by atoms with E-state index in [0.29, 0.717) is 21.9 Å². The fourth-order valence-electron chi connectivity index (χ4n) is 3.76. The van der Waals surface area contributed by atoms with Gasteiger partial charge in [-0.25, -0.2) is 4.90 Å². The second kappa shape index (κ2) is 9.49. The van der Waals surface area contributed by atoms with Crippen molar-refractivity contribution in [1.29, 1.82) is 0 Å². The Labute approximate surface area is 182 Å². The molecule has 0 atom stereocenters. The normalized spacial score (nSPS) is 14.1. The first kappa shape index (κ1) is 22.1. The summed E-state index contributed by atoms with van der Waals surface area (Å²) in [6.45, 7) is 9.84. The monoisotopic (exact) mass is 424 g/mol. The van der Waals surface area contributed by atoms with Crippen molar-refractivity contribution in [2.75, 3.05) is 35.2 Å². The van der Waals surface area contributed by atoms with Crippen molar-refractivity contribution in [3.63, 3.8) is 0 Å². The number of anilines is 2. The topological polar surface area (TPSA) is 60.9 Å². The molecule has 2 aromatic rings. The number of hydrogen-bond donors (Lipinski definition) is 1. The zero-order chi connectivity index (χ0) is 21.8.